The first-order valence-corrected chi connectivity index (χ1v) is 11.7. The quantitative estimate of drug-likeness (QED) is 0.718. The number of hydrogen-bond acceptors (Lipinski definition) is 7. The summed E-state index contributed by atoms with van der Waals surface area (Å²) in [5.74, 6) is 0.390. The largest absolute Gasteiger partial charge is 0.471 e. The molecule has 9 heteroatoms. The summed E-state index contributed by atoms with van der Waals surface area (Å²) in [5.41, 5.74) is -0.977. The van der Waals surface area contributed by atoms with Gasteiger partial charge in [0.1, 0.15) is 18.0 Å². The number of ether oxygens (including phenoxy) is 1. The number of aromatic nitrogens is 2. The zero-order chi connectivity index (χ0) is 20.9. The fourth-order valence-corrected chi connectivity index (χ4v) is 7.69. The Hall–Kier alpha value is -2.05. The van der Waals surface area contributed by atoms with Crippen LogP contribution in [0.2, 0.25) is 0 Å². The lowest BCUT2D eigenvalue weighted by molar-refractivity contribution is -0.128. The van der Waals surface area contributed by atoms with Gasteiger partial charge in [0.05, 0.1) is 12.3 Å². The summed E-state index contributed by atoms with van der Waals surface area (Å²) in [4.78, 5) is 20.7. The summed E-state index contributed by atoms with van der Waals surface area (Å²) in [6.07, 6.45) is 5.85. The molecule has 0 aromatic carbocycles. The van der Waals surface area contributed by atoms with Gasteiger partial charge in [0.15, 0.2) is 0 Å². The second-order valence-corrected chi connectivity index (χ2v) is 11.0. The van der Waals surface area contributed by atoms with Crippen LogP contribution >= 0.6 is 0 Å². The Balaban J connectivity index is 1.51. The van der Waals surface area contributed by atoms with E-state index in [4.69, 9.17) is 10.00 Å². The van der Waals surface area contributed by atoms with E-state index < -0.39 is 21.5 Å². The highest BCUT2D eigenvalue weighted by Crippen LogP contribution is 2.64. The summed E-state index contributed by atoms with van der Waals surface area (Å²) < 4.78 is 33.9. The standard InChI is InChI=1S/C20H26N4O4S/c1-19(2)14-5-6-20(19,17(25)10-14)13-29(26,27)24-9-3-4-15(12-24)28-18-16(11-21)22-7-8-23-18/h7-8,14-15H,3-6,9-10,12-13H2,1-2H3. The Morgan fingerprint density at radius 3 is 2.72 bits per heavy atom. The molecule has 0 N–H and O–H groups in total. The van der Waals surface area contributed by atoms with Crippen LogP contribution in [0.3, 0.4) is 0 Å². The third kappa shape index (κ3) is 3.22. The van der Waals surface area contributed by atoms with Crippen LogP contribution < -0.4 is 4.74 Å². The molecule has 3 atom stereocenters. The molecule has 1 aromatic heterocycles. The third-order valence-corrected chi connectivity index (χ3v) is 9.33. The molecule has 0 amide bonds. The number of rotatable bonds is 5. The van der Waals surface area contributed by atoms with Gasteiger partial charge in [0.25, 0.3) is 5.88 Å². The van der Waals surface area contributed by atoms with E-state index in [1.165, 1.54) is 16.7 Å². The average molecular weight is 419 g/mol. The minimum Gasteiger partial charge on any atom is -0.471 e. The second-order valence-electron chi connectivity index (χ2n) is 8.98. The lowest BCUT2D eigenvalue weighted by Gasteiger charge is -2.39. The van der Waals surface area contributed by atoms with Gasteiger partial charge in [-0.25, -0.2) is 18.4 Å². The van der Waals surface area contributed by atoms with Gasteiger partial charge in [0.2, 0.25) is 15.7 Å². The number of Topliss-reactive ketones (excluding diaryl/α,β-unsaturated/α-hetero) is 1. The van der Waals surface area contributed by atoms with Gasteiger partial charge < -0.3 is 4.74 Å². The average Bonchev–Trinajstić information content (AvgIpc) is 3.03. The Kier molecular flexibility index (Phi) is 4.90. The number of carbonyl (C=O) groups excluding carboxylic acids is 1. The predicted molar refractivity (Wildman–Crippen MR) is 104 cm³/mol. The monoisotopic (exact) mass is 418 g/mol. The number of nitrogens with zero attached hydrogens (tertiary/aromatic N) is 4. The molecule has 3 aliphatic rings. The molecule has 3 unspecified atom stereocenters. The van der Waals surface area contributed by atoms with Crippen LogP contribution in [0.25, 0.3) is 0 Å². The number of ketones is 1. The molecule has 0 spiro atoms. The molecule has 3 fully saturated rings. The highest BCUT2D eigenvalue weighted by molar-refractivity contribution is 7.89. The number of carbonyl (C=O) groups is 1. The van der Waals surface area contributed by atoms with E-state index in [-0.39, 0.29) is 41.0 Å². The van der Waals surface area contributed by atoms with Crippen molar-refractivity contribution in [2.45, 2.75) is 52.1 Å². The number of piperidine rings is 1. The molecule has 1 aromatic rings. The van der Waals surface area contributed by atoms with Gasteiger partial charge in [0, 0.05) is 30.8 Å². The van der Waals surface area contributed by atoms with Gasteiger partial charge in [-0.05, 0) is 37.0 Å². The first-order valence-electron chi connectivity index (χ1n) is 10.1. The third-order valence-electron chi connectivity index (χ3n) is 7.35. The van der Waals surface area contributed by atoms with Crippen molar-refractivity contribution >= 4 is 15.8 Å². The predicted octanol–water partition coefficient (Wildman–Crippen LogP) is 1.92. The Bertz CT molecular complexity index is 971. The smallest absolute Gasteiger partial charge is 0.251 e. The van der Waals surface area contributed by atoms with E-state index in [2.05, 4.69) is 9.97 Å². The maximum atomic E-state index is 13.3. The molecule has 1 saturated heterocycles. The highest BCUT2D eigenvalue weighted by atomic mass is 32.2. The molecule has 0 radical (unpaired) electrons. The van der Waals surface area contributed by atoms with Gasteiger partial charge in [-0.1, -0.05) is 13.8 Å². The van der Waals surface area contributed by atoms with Gasteiger partial charge in [-0.15, -0.1) is 0 Å². The van der Waals surface area contributed by atoms with Crippen molar-refractivity contribution < 1.29 is 17.9 Å². The number of hydrogen-bond donors (Lipinski definition) is 0. The van der Waals surface area contributed by atoms with Crippen LogP contribution in [-0.2, 0) is 14.8 Å². The molecule has 4 rings (SSSR count). The zero-order valence-corrected chi connectivity index (χ0v) is 17.6. The molecule has 2 aliphatic carbocycles. The molecule has 2 heterocycles. The molecular weight excluding hydrogens is 392 g/mol. The number of fused-ring (bicyclic) bond motifs is 2. The van der Waals surface area contributed by atoms with E-state index in [9.17, 15) is 13.2 Å². The van der Waals surface area contributed by atoms with E-state index in [1.807, 2.05) is 19.9 Å². The summed E-state index contributed by atoms with van der Waals surface area (Å²) in [6.45, 7) is 4.70. The minimum absolute atomic E-state index is 0.0849. The minimum atomic E-state index is -3.62. The topological polar surface area (TPSA) is 113 Å². The molecule has 2 saturated carbocycles. The SMILES string of the molecule is CC1(C)C2CCC1(CS(=O)(=O)N1CCCC(Oc3nccnc3C#N)C1)C(=O)C2. The first-order chi connectivity index (χ1) is 13.7. The van der Waals surface area contributed by atoms with Crippen molar-refractivity contribution in [3.05, 3.63) is 18.1 Å². The van der Waals surface area contributed by atoms with Crippen LogP contribution in [0, 0.1) is 28.1 Å². The zero-order valence-electron chi connectivity index (χ0n) is 16.8. The lowest BCUT2D eigenvalue weighted by atomic mass is 9.70. The van der Waals surface area contributed by atoms with Crippen LogP contribution in [-0.4, -0.2) is 53.4 Å². The van der Waals surface area contributed by atoms with Crippen LogP contribution in [0.5, 0.6) is 5.88 Å². The van der Waals surface area contributed by atoms with Gasteiger partial charge in [-0.3, -0.25) is 4.79 Å². The Morgan fingerprint density at radius 2 is 2.07 bits per heavy atom. The lowest BCUT2D eigenvalue weighted by Crippen LogP contribution is -2.50. The van der Waals surface area contributed by atoms with Crippen molar-refractivity contribution in [2.24, 2.45) is 16.7 Å². The summed E-state index contributed by atoms with van der Waals surface area (Å²) in [7, 11) is -3.62. The normalized spacial score (nSPS) is 31.6. The Labute approximate surface area is 171 Å². The number of nitriles is 1. The molecule has 8 nitrogen and oxygen atoms in total. The van der Waals surface area contributed by atoms with Crippen LogP contribution in [0.4, 0.5) is 0 Å². The van der Waals surface area contributed by atoms with Crippen LogP contribution in [0.15, 0.2) is 12.4 Å². The second kappa shape index (κ2) is 7.03. The van der Waals surface area contributed by atoms with Crippen molar-refractivity contribution in [3.63, 3.8) is 0 Å². The van der Waals surface area contributed by atoms with Crippen molar-refractivity contribution in [1.82, 2.24) is 14.3 Å². The van der Waals surface area contributed by atoms with Crippen molar-refractivity contribution in [1.29, 1.82) is 5.26 Å². The summed E-state index contributed by atoms with van der Waals surface area (Å²) >= 11 is 0. The van der Waals surface area contributed by atoms with Crippen molar-refractivity contribution in [2.75, 3.05) is 18.8 Å². The van der Waals surface area contributed by atoms with Crippen molar-refractivity contribution in [3.8, 4) is 11.9 Å². The molecule has 1 aliphatic heterocycles. The van der Waals surface area contributed by atoms with Crippen LogP contribution in [0.1, 0.15) is 51.6 Å². The Morgan fingerprint density at radius 1 is 1.31 bits per heavy atom. The first kappa shape index (κ1) is 20.2. The molecule has 29 heavy (non-hydrogen) atoms. The van der Waals surface area contributed by atoms with E-state index >= 15 is 0 Å². The summed E-state index contributed by atoms with van der Waals surface area (Å²) in [5, 5.41) is 9.15. The van der Waals surface area contributed by atoms with E-state index in [0.717, 1.165) is 6.42 Å². The molecular formula is C20H26N4O4S. The van der Waals surface area contributed by atoms with E-state index in [1.54, 1.807) is 0 Å². The maximum Gasteiger partial charge on any atom is 0.251 e. The maximum absolute atomic E-state index is 13.3. The highest BCUT2D eigenvalue weighted by Gasteiger charge is 2.65. The molecule has 156 valence electrons. The van der Waals surface area contributed by atoms with Gasteiger partial charge in [-0.2, -0.15) is 9.57 Å². The molecule has 2 bridgehead atoms. The fourth-order valence-electron chi connectivity index (χ4n) is 5.41. The summed E-state index contributed by atoms with van der Waals surface area (Å²) in [6, 6.07) is 1.94. The van der Waals surface area contributed by atoms with E-state index in [0.29, 0.717) is 32.2 Å². The number of sulfonamides is 1. The fraction of sp³-hybridized carbons (Fsp3) is 0.700. The van der Waals surface area contributed by atoms with Gasteiger partial charge >= 0.3 is 0 Å².